The third-order valence-electron chi connectivity index (χ3n) is 4.89. The molecule has 0 unspecified atom stereocenters. The zero-order chi connectivity index (χ0) is 22.5. The van der Waals surface area contributed by atoms with Gasteiger partial charge in [-0.3, -0.25) is 4.79 Å². The monoisotopic (exact) mass is 442 g/mol. The summed E-state index contributed by atoms with van der Waals surface area (Å²) in [6.45, 7) is 1.95. The van der Waals surface area contributed by atoms with Crippen LogP contribution in [0.25, 0.3) is 10.8 Å². The lowest BCUT2D eigenvalue weighted by Crippen LogP contribution is -2.17. The van der Waals surface area contributed by atoms with Gasteiger partial charge in [-0.1, -0.05) is 59.6 Å². The van der Waals surface area contributed by atoms with E-state index in [2.05, 4.69) is 10.5 Å². The fourth-order valence-electron chi connectivity index (χ4n) is 3.17. The van der Waals surface area contributed by atoms with Gasteiger partial charge in [0.25, 0.3) is 5.91 Å². The molecular formula is C26H19ClN2O3. The summed E-state index contributed by atoms with van der Waals surface area (Å²) in [4.78, 5) is 25.0. The average molecular weight is 443 g/mol. The number of nitrogens with one attached hydrogen (secondary N) is 1. The molecular weight excluding hydrogens is 424 g/mol. The second-order valence-corrected chi connectivity index (χ2v) is 7.60. The van der Waals surface area contributed by atoms with Gasteiger partial charge in [0.2, 0.25) is 0 Å². The number of carbonyl (C=O) groups excluding carboxylic acids is 2. The predicted molar refractivity (Wildman–Crippen MR) is 127 cm³/mol. The van der Waals surface area contributed by atoms with E-state index in [0.717, 1.165) is 16.3 Å². The second-order valence-electron chi connectivity index (χ2n) is 7.16. The standard InChI is InChI=1S/C26H19ClN2O3/c1-17-6-8-19(9-7-17)25(30)29-28-16-23-22-5-3-2-4-18(22)12-15-24(23)32-26(31)20-10-13-21(27)14-11-20/h2-16H,1H3,(H,29,30)/b28-16+. The maximum absolute atomic E-state index is 12.6. The Hall–Kier alpha value is -3.96. The highest BCUT2D eigenvalue weighted by Crippen LogP contribution is 2.27. The number of hydrogen-bond donors (Lipinski definition) is 1. The van der Waals surface area contributed by atoms with Crippen LogP contribution in [0.4, 0.5) is 0 Å². The van der Waals surface area contributed by atoms with E-state index < -0.39 is 5.97 Å². The van der Waals surface area contributed by atoms with Crippen LogP contribution < -0.4 is 10.2 Å². The highest BCUT2D eigenvalue weighted by atomic mass is 35.5. The molecule has 0 bridgehead atoms. The molecule has 0 spiro atoms. The molecule has 0 aliphatic rings. The number of esters is 1. The molecule has 5 nitrogen and oxygen atoms in total. The summed E-state index contributed by atoms with van der Waals surface area (Å²) >= 11 is 5.90. The molecule has 6 heteroatoms. The highest BCUT2D eigenvalue weighted by Gasteiger charge is 2.14. The first-order valence-corrected chi connectivity index (χ1v) is 10.3. The Morgan fingerprint density at radius 1 is 0.875 bits per heavy atom. The fraction of sp³-hybridized carbons (Fsp3) is 0.0385. The number of hydrazone groups is 1. The third kappa shape index (κ3) is 4.85. The summed E-state index contributed by atoms with van der Waals surface area (Å²) in [5.74, 6) is -0.520. The first kappa shape index (κ1) is 21.3. The molecule has 4 aromatic carbocycles. The first-order chi connectivity index (χ1) is 15.5. The molecule has 158 valence electrons. The zero-order valence-electron chi connectivity index (χ0n) is 17.2. The van der Waals surface area contributed by atoms with E-state index in [0.29, 0.717) is 27.5 Å². The quantitative estimate of drug-likeness (QED) is 0.184. The molecule has 0 fully saturated rings. The van der Waals surface area contributed by atoms with Crippen molar-refractivity contribution in [1.29, 1.82) is 0 Å². The van der Waals surface area contributed by atoms with Crippen LogP contribution in [-0.2, 0) is 0 Å². The molecule has 0 atom stereocenters. The van der Waals surface area contributed by atoms with Gasteiger partial charge in [-0.05, 0) is 60.2 Å². The van der Waals surface area contributed by atoms with Crippen molar-refractivity contribution in [2.45, 2.75) is 6.92 Å². The van der Waals surface area contributed by atoms with Crippen molar-refractivity contribution in [3.05, 3.63) is 112 Å². The van der Waals surface area contributed by atoms with Crippen molar-refractivity contribution < 1.29 is 14.3 Å². The van der Waals surface area contributed by atoms with Crippen molar-refractivity contribution >= 4 is 40.5 Å². The zero-order valence-corrected chi connectivity index (χ0v) is 18.0. The molecule has 4 aromatic rings. The maximum atomic E-state index is 12.6. The summed E-state index contributed by atoms with van der Waals surface area (Å²) < 4.78 is 5.65. The SMILES string of the molecule is Cc1ccc(C(=O)N/N=C/c2c(OC(=O)c3ccc(Cl)cc3)ccc3ccccc23)cc1. The van der Waals surface area contributed by atoms with Gasteiger partial charge in [-0.25, -0.2) is 10.2 Å². The van der Waals surface area contributed by atoms with Gasteiger partial charge in [-0.15, -0.1) is 0 Å². The lowest BCUT2D eigenvalue weighted by Gasteiger charge is -2.10. The van der Waals surface area contributed by atoms with E-state index in [1.54, 1.807) is 42.5 Å². The second kappa shape index (κ2) is 9.45. The van der Waals surface area contributed by atoms with E-state index >= 15 is 0 Å². The van der Waals surface area contributed by atoms with Crippen molar-refractivity contribution in [1.82, 2.24) is 5.43 Å². The fourth-order valence-corrected chi connectivity index (χ4v) is 3.29. The van der Waals surface area contributed by atoms with Gasteiger partial charge in [0.05, 0.1) is 11.8 Å². The van der Waals surface area contributed by atoms with E-state index in [1.807, 2.05) is 49.4 Å². The topological polar surface area (TPSA) is 67.8 Å². The maximum Gasteiger partial charge on any atom is 0.343 e. The van der Waals surface area contributed by atoms with Gasteiger partial charge < -0.3 is 4.74 Å². The van der Waals surface area contributed by atoms with Crippen molar-refractivity contribution in [3.8, 4) is 5.75 Å². The van der Waals surface area contributed by atoms with Crippen molar-refractivity contribution in [2.75, 3.05) is 0 Å². The lowest BCUT2D eigenvalue weighted by atomic mass is 10.0. The van der Waals surface area contributed by atoms with Crippen LogP contribution in [0.5, 0.6) is 5.75 Å². The minimum Gasteiger partial charge on any atom is -0.422 e. The Kier molecular flexibility index (Phi) is 6.29. The van der Waals surface area contributed by atoms with E-state index in [9.17, 15) is 9.59 Å². The van der Waals surface area contributed by atoms with E-state index in [-0.39, 0.29) is 5.91 Å². The van der Waals surface area contributed by atoms with Crippen molar-refractivity contribution in [3.63, 3.8) is 0 Å². The number of fused-ring (bicyclic) bond motifs is 1. The predicted octanol–water partition coefficient (Wildman–Crippen LogP) is 5.78. The van der Waals surface area contributed by atoms with Crippen LogP contribution >= 0.6 is 11.6 Å². The molecule has 1 amide bonds. The molecule has 0 saturated heterocycles. The van der Waals surface area contributed by atoms with Gasteiger partial charge in [0.15, 0.2) is 0 Å². The number of aryl methyl sites for hydroxylation is 1. The number of ether oxygens (including phenoxy) is 1. The molecule has 0 radical (unpaired) electrons. The van der Waals surface area contributed by atoms with Crippen LogP contribution in [0.3, 0.4) is 0 Å². The van der Waals surface area contributed by atoms with Gasteiger partial charge in [0, 0.05) is 16.1 Å². The minimum atomic E-state index is -0.518. The first-order valence-electron chi connectivity index (χ1n) is 9.91. The number of rotatable bonds is 5. The molecule has 0 aliphatic heterocycles. The minimum absolute atomic E-state index is 0.331. The highest BCUT2D eigenvalue weighted by molar-refractivity contribution is 6.30. The summed E-state index contributed by atoms with van der Waals surface area (Å²) in [6, 6.07) is 24.9. The lowest BCUT2D eigenvalue weighted by molar-refractivity contribution is 0.0734. The number of amides is 1. The van der Waals surface area contributed by atoms with Crippen LogP contribution in [-0.4, -0.2) is 18.1 Å². The number of carbonyl (C=O) groups is 2. The summed E-state index contributed by atoms with van der Waals surface area (Å²) in [5, 5.41) is 6.43. The number of benzene rings is 4. The Morgan fingerprint density at radius 2 is 1.56 bits per heavy atom. The van der Waals surface area contributed by atoms with Crippen LogP contribution in [0.15, 0.2) is 90.0 Å². The molecule has 4 rings (SSSR count). The largest absolute Gasteiger partial charge is 0.422 e. The summed E-state index contributed by atoms with van der Waals surface area (Å²) in [7, 11) is 0. The smallest absolute Gasteiger partial charge is 0.343 e. The Morgan fingerprint density at radius 3 is 2.31 bits per heavy atom. The molecule has 0 aliphatic carbocycles. The molecule has 1 N–H and O–H groups in total. The normalized spacial score (nSPS) is 10.9. The Balaban J connectivity index is 1.62. The van der Waals surface area contributed by atoms with Crippen LogP contribution in [0.2, 0.25) is 5.02 Å². The van der Waals surface area contributed by atoms with Crippen LogP contribution in [0.1, 0.15) is 31.8 Å². The summed E-state index contributed by atoms with van der Waals surface area (Å²) in [5.41, 5.74) is 5.04. The van der Waals surface area contributed by atoms with E-state index in [4.69, 9.17) is 16.3 Å². The molecule has 0 saturated carbocycles. The number of halogens is 1. The Labute approximate surface area is 190 Å². The van der Waals surface area contributed by atoms with Crippen LogP contribution in [0, 0.1) is 6.92 Å². The number of nitrogens with zero attached hydrogens (tertiary/aromatic N) is 1. The van der Waals surface area contributed by atoms with Gasteiger partial charge in [-0.2, -0.15) is 5.10 Å². The summed E-state index contributed by atoms with van der Waals surface area (Å²) in [6.07, 6.45) is 1.49. The number of hydrogen-bond acceptors (Lipinski definition) is 4. The van der Waals surface area contributed by atoms with Crippen molar-refractivity contribution in [2.24, 2.45) is 5.10 Å². The van der Waals surface area contributed by atoms with Gasteiger partial charge in [0.1, 0.15) is 5.75 Å². The van der Waals surface area contributed by atoms with Gasteiger partial charge >= 0.3 is 5.97 Å². The Bertz CT molecular complexity index is 1310. The molecule has 32 heavy (non-hydrogen) atoms. The molecule has 0 heterocycles. The van der Waals surface area contributed by atoms with E-state index in [1.165, 1.54) is 6.21 Å². The average Bonchev–Trinajstić information content (AvgIpc) is 2.81. The molecule has 0 aromatic heterocycles. The third-order valence-corrected chi connectivity index (χ3v) is 5.14.